The second-order valence-corrected chi connectivity index (χ2v) is 2.14. The molecule has 1 rings (SSSR count). The van der Waals surface area contributed by atoms with Crippen LogP contribution in [0.3, 0.4) is 0 Å². The van der Waals surface area contributed by atoms with Crippen LogP contribution in [-0.4, -0.2) is 24.4 Å². The van der Waals surface area contributed by atoms with Crippen LogP contribution in [-0.2, 0) is 9.59 Å². The molecule has 0 bridgehead atoms. The Labute approximate surface area is 58.1 Å². The highest BCUT2D eigenvalue weighted by Crippen LogP contribution is 1.82. The molecule has 56 valence electrons. The van der Waals surface area contributed by atoms with Gasteiger partial charge in [0.15, 0.2) is 0 Å². The van der Waals surface area contributed by atoms with Gasteiger partial charge in [0.1, 0.15) is 0 Å². The maximum atomic E-state index is 10.8. The van der Waals surface area contributed by atoms with Crippen LogP contribution in [0, 0.1) is 0 Å². The maximum Gasteiger partial charge on any atom is 0.255 e. The molecule has 2 amide bonds. The molecule has 5 heteroatoms. The molecular formula is C5H9N3O2. The molecule has 0 saturated carbocycles. The summed E-state index contributed by atoms with van der Waals surface area (Å²) in [7, 11) is 0. The van der Waals surface area contributed by atoms with Gasteiger partial charge in [0.2, 0.25) is 0 Å². The Hall–Kier alpha value is -1.10. The lowest BCUT2D eigenvalue weighted by atomic mass is 10.3. The van der Waals surface area contributed by atoms with Crippen molar-refractivity contribution in [3.05, 3.63) is 0 Å². The molecule has 1 aliphatic heterocycles. The maximum absolute atomic E-state index is 10.8. The third kappa shape index (κ3) is 1.44. The van der Waals surface area contributed by atoms with Gasteiger partial charge in [0.05, 0.1) is 12.6 Å². The summed E-state index contributed by atoms with van der Waals surface area (Å²) in [4.78, 5) is 21.4. The van der Waals surface area contributed by atoms with Crippen LogP contribution < -0.4 is 16.2 Å². The summed E-state index contributed by atoms with van der Waals surface area (Å²) in [5.74, 6) is -0.441. The third-order valence-electron chi connectivity index (χ3n) is 1.29. The smallest absolute Gasteiger partial charge is 0.255 e. The number of nitrogens with one attached hydrogen (secondary N) is 3. The van der Waals surface area contributed by atoms with Crippen LogP contribution in [0.25, 0.3) is 0 Å². The van der Waals surface area contributed by atoms with E-state index in [1.807, 2.05) is 0 Å². The summed E-state index contributed by atoms with van der Waals surface area (Å²) < 4.78 is 0. The predicted molar refractivity (Wildman–Crippen MR) is 33.8 cm³/mol. The molecule has 0 unspecified atom stereocenters. The van der Waals surface area contributed by atoms with E-state index in [2.05, 4.69) is 16.2 Å². The summed E-state index contributed by atoms with van der Waals surface area (Å²) in [6, 6.07) is -0.307. The van der Waals surface area contributed by atoms with Crippen molar-refractivity contribution < 1.29 is 9.59 Å². The molecule has 3 N–H and O–H groups in total. The molecular weight excluding hydrogens is 134 g/mol. The highest BCUT2D eigenvalue weighted by molar-refractivity contribution is 5.88. The lowest BCUT2D eigenvalue weighted by Gasteiger charge is -2.04. The topological polar surface area (TPSA) is 70.2 Å². The van der Waals surface area contributed by atoms with Crippen LogP contribution in [0.5, 0.6) is 0 Å². The van der Waals surface area contributed by atoms with Crippen molar-refractivity contribution in [1.82, 2.24) is 16.2 Å². The fourth-order valence-corrected chi connectivity index (χ4v) is 0.622. The summed E-state index contributed by atoms with van der Waals surface area (Å²) in [5.41, 5.74) is 4.47. The highest BCUT2D eigenvalue weighted by atomic mass is 16.2. The number of rotatable bonds is 0. The quantitative estimate of drug-likeness (QED) is 0.372. The van der Waals surface area contributed by atoms with Gasteiger partial charge in [-0.15, -0.1) is 0 Å². The van der Waals surface area contributed by atoms with Crippen molar-refractivity contribution >= 4 is 11.8 Å². The molecule has 0 aromatic rings. The molecule has 0 aliphatic carbocycles. The normalized spacial score (nSPS) is 26.7. The number of carbonyl (C=O) groups excluding carboxylic acids is 2. The molecule has 1 atom stereocenters. The van der Waals surface area contributed by atoms with Crippen molar-refractivity contribution in [3.63, 3.8) is 0 Å². The summed E-state index contributed by atoms with van der Waals surface area (Å²) in [6.45, 7) is 1.87. The van der Waals surface area contributed by atoms with E-state index in [0.717, 1.165) is 0 Å². The molecule has 1 saturated heterocycles. The molecule has 1 heterocycles. The van der Waals surface area contributed by atoms with Crippen LogP contribution in [0.2, 0.25) is 0 Å². The number of hydrogen-bond acceptors (Lipinski definition) is 3. The zero-order valence-electron chi connectivity index (χ0n) is 5.60. The molecule has 0 spiro atoms. The van der Waals surface area contributed by atoms with Gasteiger partial charge in [-0.05, 0) is 6.92 Å². The molecule has 1 aliphatic rings. The summed E-state index contributed by atoms with van der Waals surface area (Å²) in [5, 5.41) is 2.72. The number of amides is 2. The fourth-order valence-electron chi connectivity index (χ4n) is 0.622. The molecule has 10 heavy (non-hydrogen) atoms. The summed E-state index contributed by atoms with van der Waals surface area (Å²) >= 11 is 0. The zero-order valence-corrected chi connectivity index (χ0v) is 5.60. The second kappa shape index (κ2) is 2.66. The van der Waals surface area contributed by atoms with Gasteiger partial charge in [0, 0.05) is 0 Å². The van der Waals surface area contributed by atoms with Crippen molar-refractivity contribution in [3.8, 4) is 0 Å². The van der Waals surface area contributed by atoms with Gasteiger partial charge < -0.3 is 0 Å². The zero-order chi connectivity index (χ0) is 7.56. The summed E-state index contributed by atoms with van der Waals surface area (Å²) in [6.07, 6.45) is 0. The van der Waals surface area contributed by atoms with Crippen molar-refractivity contribution in [2.75, 3.05) is 6.54 Å². The van der Waals surface area contributed by atoms with E-state index in [-0.39, 0.29) is 24.4 Å². The van der Waals surface area contributed by atoms with Crippen molar-refractivity contribution in [1.29, 1.82) is 0 Å². The van der Waals surface area contributed by atoms with E-state index in [9.17, 15) is 9.59 Å². The molecule has 5 nitrogen and oxygen atoms in total. The molecule has 0 radical (unpaired) electrons. The Bertz CT molecular complexity index is 168. The predicted octanol–water partition coefficient (Wildman–Crippen LogP) is -1.87. The minimum absolute atomic E-state index is 0.180. The Morgan fingerprint density at radius 1 is 1.40 bits per heavy atom. The monoisotopic (exact) mass is 143 g/mol. The SMILES string of the molecule is C[C@H]1NCC(=O)NNC1=O. The van der Waals surface area contributed by atoms with Gasteiger partial charge in [-0.3, -0.25) is 25.8 Å². The average Bonchev–Trinajstić information content (AvgIpc) is 2.04. The number of hydrogen-bond donors (Lipinski definition) is 3. The second-order valence-electron chi connectivity index (χ2n) is 2.14. The van der Waals surface area contributed by atoms with E-state index in [1.165, 1.54) is 0 Å². The Balaban J connectivity index is 2.54. The first kappa shape index (κ1) is 7.01. The first-order valence-corrected chi connectivity index (χ1v) is 3.02. The van der Waals surface area contributed by atoms with E-state index >= 15 is 0 Å². The van der Waals surface area contributed by atoms with E-state index in [1.54, 1.807) is 6.92 Å². The molecule has 1 fully saturated rings. The first-order valence-electron chi connectivity index (χ1n) is 3.02. The molecule has 0 aromatic heterocycles. The largest absolute Gasteiger partial charge is 0.297 e. The van der Waals surface area contributed by atoms with Crippen LogP contribution >= 0.6 is 0 Å². The van der Waals surface area contributed by atoms with E-state index in [4.69, 9.17) is 0 Å². The molecule has 0 aromatic carbocycles. The van der Waals surface area contributed by atoms with Crippen molar-refractivity contribution in [2.24, 2.45) is 0 Å². The number of hydrazine groups is 1. The van der Waals surface area contributed by atoms with Crippen LogP contribution in [0.4, 0.5) is 0 Å². The van der Waals surface area contributed by atoms with Crippen LogP contribution in [0.1, 0.15) is 6.92 Å². The minimum atomic E-state index is -0.307. The van der Waals surface area contributed by atoms with E-state index < -0.39 is 0 Å². The van der Waals surface area contributed by atoms with Gasteiger partial charge in [-0.1, -0.05) is 0 Å². The Morgan fingerprint density at radius 3 is 2.80 bits per heavy atom. The number of carbonyl (C=O) groups is 2. The Morgan fingerprint density at radius 2 is 2.10 bits per heavy atom. The van der Waals surface area contributed by atoms with Gasteiger partial charge in [0.25, 0.3) is 11.8 Å². The minimum Gasteiger partial charge on any atom is -0.297 e. The van der Waals surface area contributed by atoms with Crippen molar-refractivity contribution in [2.45, 2.75) is 13.0 Å². The van der Waals surface area contributed by atoms with Crippen LogP contribution in [0.15, 0.2) is 0 Å². The van der Waals surface area contributed by atoms with Gasteiger partial charge in [-0.2, -0.15) is 0 Å². The standard InChI is InChI=1S/C5H9N3O2/c1-3-5(10)8-7-4(9)2-6-3/h3,6H,2H2,1H3,(H,7,9)(H,8,10)/t3-/m1/s1. The third-order valence-corrected chi connectivity index (χ3v) is 1.29. The fraction of sp³-hybridized carbons (Fsp3) is 0.600. The average molecular weight is 143 g/mol. The Kier molecular flexibility index (Phi) is 1.86. The highest BCUT2D eigenvalue weighted by Gasteiger charge is 2.17. The lowest BCUT2D eigenvalue weighted by molar-refractivity contribution is -0.126. The van der Waals surface area contributed by atoms with Gasteiger partial charge >= 0.3 is 0 Å². The van der Waals surface area contributed by atoms with Gasteiger partial charge in [-0.25, -0.2) is 0 Å². The lowest BCUT2D eigenvalue weighted by Crippen LogP contribution is -2.43. The first-order chi connectivity index (χ1) is 4.70. The van der Waals surface area contributed by atoms with E-state index in [0.29, 0.717) is 0 Å².